The minimum absolute atomic E-state index is 0.181. The van der Waals surface area contributed by atoms with Gasteiger partial charge in [0.05, 0.1) is 5.39 Å². The molecule has 0 unspecified atom stereocenters. The fourth-order valence-electron chi connectivity index (χ4n) is 4.03. The number of carbonyl (C=O) groups excluding carboxylic acids is 1. The van der Waals surface area contributed by atoms with Crippen LogP contribution in [-0.2, 0) is 7.05 Å². The molecule has 1 N–H and O–H groups in total. The second kappa shape index (κ2) is 7.22. The molecule has 1 aliphatic rings. The van der Waals surface area contributed by atoms with E-state index in [1.54, 1.807) is 19.2 Å². The third kappa shape index (κ3) is 3.53. The van der Waals surface area contributed by atoms with Crippen LogP contribution in [0.25, 0.3) is 10.8 Å². The van der Waals surface area contributed by atoms with Gasteiger partial charge in [-0.2, -0.15) is 5.10 Å². The molecule has 5 nitrogen and oxygen atoms in total. The summed E-state index contributed by atoms with van der Waals surface area (Å²) in [7, 11) is 1.59. The van der Waals surface area contributed by atoms with Gasteiger partial charge in [0.2, 0.25) is 0 Å². The summed E-state index contributed by atoms with van der Waals surface area (Å²) in [5, 5.41) is 8.52. The first kappa shape index (κ1) is 18.6. The molecule has 1 heterocycles. The van der Waals surface area contributed by atoms with E-state index in [9.17, 15) is 9.59 Å². The molecule has 1 aromatic heterocycles. The summed E-state index contributed by atoms with van der Waals surface area (Å²) in [4.78, 5) is 25.1. The Bertz CT molecular complexity index is 861. The Kier molecular flexibility index (Phi) is 5.17. The lowest BCUT2D eigenvalue weighted by Gasteiger charge is -2.39. The molecule has 0 radical (unpaired) electrons. The minimum Gasteiger partial charge on any atom is -0.348 e. The lowest BCUT2D eigenvalue weighted by atomic mass is 9.69. The van der Waals surface area contributed by atoms with Gasteiger partial charge < -0.3 is 5.32 Å². The van der Waals surface area contributed by atoms with Gasteiger partial charge in [-0.05, 0) is 43.1 Å². The fraction of sp³-hybridized carbons (Fsp3) is 0.571. The van der Waals surface area contributed by atoms with E-state index in [1.165, 1.54) is 11.1 Å². The van der Waals surface area contributed by atoms with E-state index < -0.39 is 0 Å². The molecule has 0 atom stereocenters. The zero-order valence-electron chi connectivity index (χ0n) is 16.2. The van der Waals surface area contributed by atoms with Crippen molar-refractivity contribution in [1.82, 2.24) is 15.1 Å². The third-order valence-corrected chi connectivity index (χ3v) is 6.25. The van der Waals surface area contributed by atoms with E-state index in [4.69, 9.17) is 0 Å². The summed E-state index contributed by atoms with van der Waals surface area (Å²) in [6.07, 6.45) is 5.48. The van der Waals surface area contributed by atoms with Gasteiger partial charge in [0.25, 0.3) is 11.5 Å². The lowest BCUT2D eigenvalue weighted by molar-refractivity contribution is 0.0888. The van der Waals surface area contributed by atoms with Crippen LogP contribution in [0.5, 0.6) is 0 Å². The quantitative estimate of drug-likeness (QED) is 0.910. The average molecular weight is 355 g/mol. The molecule has 1 aliphatic carbocycles. The molecule has 140 valence electrons. The van der Waals surface area contributed by atoms with Crippen LogP contribution in [0.4, 0.5) is 0 Å². The molecule has 3 rings (SSSR count). The van der Waals surface area contributed by atoms with Gasteiger partial charge >= 0.3 is 0 Å². The molecule has 1 aromatic carbocycles. The highest BCUT2D eigenvalue weighted by Crippen LogP contribution is 2.40. The maximum Gasteiger partial charge on any atom is 0.274 e. The van der Waals surface area contributed by atoms with Gasteiger partial charge in [-0.15, -0.1) is 0 Å². The van der Waals surface area contributed by atoms with Gasteiger partial charge in [0.15, 0.2) is 5.69 Å². The summed E-state index contributed by atoms with van der Waals surface area (Å²) in [5.74, 6) is 0.534. The molecular formula is C21H29N3O2. The summed E-state index contributed by atoms with van der Waals surface area (Å²) in [6.45, 7) is 6.94. The van der Waals surface area contributed by atoms with Crippen molar-refractivity contribution in [2.24, 2.45) is 18.4 Å². The Morgan fingerprint density at radius 3 is 2.42 bits per heavy atom. The smallest absolute Gasteiger partial charge is 0.274 e. The van der Waals surface area contributed by atoms with E-state index >= 15 is 0 Å². The molecule has 1 amide bonds. The molecule has 1 saturated carbocycles. The first-order valence-corrected chi connectivity index (χ1v) is 9.60. The topological polar surface area (TPSA) is 64.0 Å². The van der Waals surface area contributed by atoms with E-state index in [-0.39, 0.29) is 17.5 Å². The van der Waals surface area contributed by atoms with Crippen molar-refractivity contribution in [3.8, 4) is 0 Å². The van der Waals surface area contributed by atoms with Crippen LogP contribution < -0.4 is 10.9 Å². The normalized spacial score (nSPS) is 20.9. The Morgan fingerprint density at radius 1 is 1.19 bits per heavy atom. The lowest BCUT2D eigenvalue weighted by Crippen LogP contribution is -2.40. The second-order valence-corrected chi connectivity index (χ2v) is 8.19. The molecule has 2 aromatic rings. The van der Waals surface area contributed by atoms with Crippen LogP contribution in [0.3, 0.4) is 0 Å². The Balaban J connectivity index is 1.75. The van der Waals surface area contributed by atoms with Gasteiger partial charge in [0.1, 0.15) is 0 Å². The predicted octanol–water partition coefficient (Wildman–Crippen LogP) is 3.66. The van der Waals surface area contributed by atoms with Crippen LogP contribution in [0, 0.1) is 11.3 Å². The van der Waals surface area contributed by atoms with Gasteiger partial charge in [-0.1, -0.05) is 45.4 Å². The van der Waals surface area contributed by atoms with Crippen LogP contribution in [0.2, 0.25) is 0 Å². The third-order valence-electron chi connectivity index (χ3n) is 6.25. The van der Waals surface area contributed by atoms with Gasteiger partial charge in [-0.3, -0.25) is 9.59 Å². The van der Waals surface area contributed by atoms with Gasteiger partial charge in [-0.25, -0.2) is 4.68 Å². The van der Waals surface area contributed by atoms with Crippen molar-refractivity contribution in [1.29, 1.82) is 0 Å². The van der Waals surface area contributed by atoms with Crippen molar-refractivity contribution in [2.45, 2.75) is 58.9 Å². The first-order valence-electron chi connectivity index (χ1n) is 9.60. The van der Waals surface area contributed by atoms with Crippen molar-refractivity contribution >= 4 is 16.7 Å². The summed E-state index contributed by atoms with van der Waals surface area (Å²) in [5.41, 5.74) is 0.517. The molecular weight excluding hydrogens is 326 g/mol. The Morgan fingerprint density at radius 2 is 1.81 bits per heavy atom. The SMILES string of the molecule is CCC(C)(C)C1CCC(NC(=O)c2nn(C)c(=O)c3ccccc23)CC1. The highest BCUT2D eigenvalue weighted by Gasteiger charge is 2.32. The highest BCUT2D eigenvalue weighted by molar-refractivity contribution is 6.04. The Labute approximate surface area is 154 Å². The second-order valence-electron chi connectivity index (χ2n) is 8.19. The molecule has 26 heavy (non-hydrogen) atoms. The van der Waals surface area contributed by atoms with Crippen molar-refractivity contribution in [3.63, 3.8) is 0 Å². The number of benzene rings is 1. The molecule has 1 fully saturated rings. The summed E-state index contributed by atoms with van der Waals surface area (Å²) in [6, 6.07) is 7.36. The molecule has 5 heteroatoms. The van der Waals surface area contributed by atoms with E-state index in [0.29, 0.717) is 21.9 Å². The number of fused-ring (bicyclic) bond motifs is 1. The predicted molar refractivity (Wildman–Crippen MR) is 104 cm³/mol. The van der Waals surface area contributed by atoms with Crippen molar-refractivity contribution in [3.05, 3.63) is 40.3 Å². The number of aryl methyl sites for hydroxylation is 1. The molecule has 0 spiro atoms. The number of amides is 1. The zero-order chi connectivity index (χ0) is 18.9. The fourth-order valence-corrected chi connectivity index (χ4v) is 4.03. The summed E-state index contributed by atoms with van der Waals surface area (Å²) < 4.78 is 1.25. The van der Waals surface area contributed by atoms with Crippen molar-refractivity contribution < 1.29 is 4.79 Å². The number of hydrogen-bond donors (Lipinski definition) is 1. The number of nitrogens with zero attached hydrogens (tertiary/aromatic N) is 2. The Hall–Kier alpha value is -2.17. The maximum absolute atomic E-state index is 12.8. The molecule has 0 saturated heterocycles. The monoisotopic (exact) mass is 355 g/mol. The largest absolute Gasteiger partial charge is 0.348 e. The van der Waals surface area contributed by atoms with Crippen LogP contribution in [0.15, 0.2) is 29.1 Å². The van der Waals surface area contributed by atoms with Crippen molar-refractivity contribution in [2.75, 3.05) is 0 Å². The van der Waals surface area contributed by atoms with E-state index in [1.807, 2.05) is 12.1 Å². The molecule has 0 aliphatic heterocycles. The van der Waals surface area contributed by atoms with Crippen LogP contribution >= 0.6 is 0 Å². The number of nitrogens with one attached hydrogen (secondary N) is 1. The first-order chi connectivity index (χ1) is 12.3. The maximum atomic E-state index is 12.8. The number of hydrogen-bond acceptors (Lipinski definition) is 3. The zero-order valence-corrected chi connectivity index (χ0v) is 16.2. The highest BCUT2D eigenvalue weighted by atomic mass is 16.2. The van der Waals surface area contributed by atoms with Gasteiger partial charge in [0, 0.05) is 18.5 Å². The standard InChI is InChI=1S/C21H29N3O2/c1-5-21(2,3)14-10-12-15(13-11-14)22-19(25)18-16-8-6-7-9-17(16)20(26)24(4)23-18/h6-9,14-15H,5,10-13H2,1-4H3,(H,22,25). The number of rotatable bonds is 4. The van der Waals surface area contributed by atoms with E-state index in [0.717, 1.165) is 31.6 Å². The van der Waals surface area contributed by atoms with Crippen LogP contribution in [0.1, 0.15) is 63.4 Å². The summed E-state index contributed by atoms with van der Waals surface area (Å²) >= 11 is 0. The number of aromatic nitrogens is 2. The molecule has 0 bridgehead atoms. The van der Waals surface area contributed by atoms with Crippen LogP contribution in [-0.4, -0.2) is 21.7 Å². The van der Waals surface area contributed by atoms with E-state index in [2.05, 4.69) is 31.2 Å². The minimum atomic E-state index is -0.185. The average Bonchev–Trinajstić information content (AvgIpc) is 2.65. The number of carbonyl (C=O) groups is 1.